The van der Waals surface area contributed by atoms with Crippen LogP contribution in [-0.4, -0.2) is 78.1 Å². The minimum absolute atomic E-state index is 0.144. The summed E-state index contributed by atoms with van der Waals surface area (Å²) in [5, 5.41) is 0. The lowest BCUT2D eigenvalue weighted by atomic mass is 10.3. The topological polar surface area (TPSA) is 68.7 Å². The number of hydrogen-bond donors (Lipinski definition) is 0. The number of carbonyl (C=O) groups is 1. The third-order valence-corrected chi connectivity index (χ3v) is 5.39. The number of carbonyl (C=O) groups excluding carboxylic acids is 1. The number of rotatable bonds is 3. The Kier molecular flexibility index (Phi) is 4.59. The molecular formula is C17H27N7O. The molecular weight excluding hydrogens is 318 g/mol. The van der Waals surface area contributed by atoms with Gasteiger partial charge in [0.25, 0.3) is 0 Å². The Bertz CT molecular complexity index is 583. The maximum Gasteiger partial charge on any atom is 0.232 e. The summed E-state index contributed by atoms with van der Waals surface area (Å²) >= 11 is 0. The molecule has 8 nitrogen and oxygen atoms in total. The fourth-order valence-electron chi connectivity index (χ4n) is 3.82. The maximum absolute atomic E-state index is 11.6. The van der Waals surface area contributed by atoms with Gasteiger partial charge >= 0.3 is 0 Å². The predicted octanol–water partition coefficient (Wildman–Crippen LogP) is 0.741. The molecule has 4 heterocycles. The van der Waals surface area contributed by atoms with E-state index in [-0.39, 0.29) is 5.91 Å². The lowest BCUT2D eigenvalue weighted by Crippen LogP contribution is -2.48. The summed E-state index contributed by atoms with van der Waals surface area (Å²) in [7, 11) is 0. The highest BCUT2D eigenvalue weighted by molar-refractivity contribution is 5.73. The highest BCUT2D eigenvalue weighted by atomic mass is 16.2. The second-order valence-electron chi connectivity index (χ2n) is 7.12. The summed E-state index contributed by atoms with van der Waals surface area (Å²) in [5.41, 5.74) is 0. The summed E-state index contributed by atoms with van der Waals surface area (Å²) in [4.78, 5) is 34.5. The van der Waals surface area contributed by atoms with Crippen LogP contribution < -0.4 is 14.7 Å². The van der Waals surface area contributed by atoms with Crippen LogP contribution in [0.25, 0.3) is 0 Å². The number of anilines is 3. The molecule has 0 spiro atoms. The number of hydrogen-bond acceptors (Lipinski definition) is 7. The van der Waals surface area contributed by atoms with Crippen molar-refractivity contribution in [2.75, 3.05) is 67.1 Å². The summed E-state index contributed by atoms with van der Waals surface area (Å²) < 4.78 is 0. The fraction of sp³-hybridized carbons (Fsp3) is 0.765. The molecule has 3 aliphatic rings. The van der Waals surface area contributed by atoms with E-state index in [1.165, 1.54) is 25.7 Å². The van der Waals surface area contributed by atoms with Gasteiger partial charge in [0.2, 0.25) is 23.8 Å². The number of amides is 1. The van der Waals surface area contributed by atoms with Crippen LogP contribution in [0.15, 0.2) is 0 Å². The fourth-order valence-corrected chi connectivity index (χ4v) is 3.82. The van der Waals surface area contributed by atoms with Crippen molar-refractivity contribution >= 4 is 23.8 Å². The van der Waals surface area contributed by atoms with Crippen LogP contribution in [0.5, 0.6) is 0 Å². The molecule has 0 radical (unpaired) electrons. The number of piperazine rings is 1. The van der Waals surface area contributed by atoms with Crippen molar-refractivity contribution in [3.05, 3.63) is 0 Å². The van der Waals surface area contributed by atoms with Crippen LogP contribution in [-0.2, 0) is 4.79 Å². The molecule has 0 N–H and O–H groups in total. The van der Waals surface area contributed by atoms with Crippen molar-refractivity contribution in [1.29, 1.82) is 0 Å². The minimum Gasteiger partial charge on any atom is -0.341 e. The molecule has 0 aromatic carbocycles. The van der Waals surface area contributed by atoms with Gasteiger partial charge in [0, 0.05) is 59.3 Å². The van der Waals surface area contributed by atoms with Gasteiger partial charge in [0.1, 0.15) is 0 Å². The molecule has 0 saturated carbocycles. The van der Waals surface area contributed by atoms with E-state index in [0.29, 0.717) is 0 Å². The standard InChI is InChI=1S/C17H27N7O/c1-14(25)21-10-12-24(13-11-21)17-19-15(22-6-2-3-7-22)18-16(20-17)23-8-4-5-9-23/h2-13H2,1H3. The first-order valence-electron chi connectivity index (χ1n) is 9.47. The van der Waals surface area contributed by atoms with Crippen molar-refractivity contribution in [2.24, 2.45) is 0 Å². The van der Waals surface area contributed by atoms with E-state index in [4.69, 9.17) is 15.0 Å². The van der Waals surface area contributed by atoms with Crippen LogP contribution in [0.2, 0.25) is 0 Å². The van der Waals surface area contributed by atoms with Gasteiger partial charge < -0.3 is 19.6 Å². The van der Waals surface area contributed by atoms with E-state index in [0.717, 1.165) is 70.2 Å². The van der Waals surface area contributed by atoms with E-state index >= 15 is 0 Å². The molecule has 8 heteroatoms. The second kappa shape index (κ2) is 7.01. The first-order chi connectivity index (χ1) is 12.2. The van der Waals surface area contributed by atoms with Gasteiger partial charge in [0.05, 0.1) is 0 Å². The maximum atomic E-state index is 11.6. The molecule has 0 unspecified atom stereocenters. The lowest BCUT2D eigenvalue weighted by Gasteiger charge is -2.34. The molecule has 1 amide bonds. The van der Waals surface area contributed by atoms with Gasteiger partial charge in [-0.3, -0.25) is 4.79 Å². The minimum atomic E-state index is 0.144. The molecule has 1 aromatic rings. The third kappa shape index (κ3) is 3.48. The first-order valence-corrected chi connectivity index (χ1v) is 9.47. The van der Waals surface area contributed by atoms with Gasteiger partial charge in [-0.1, -0.05) is 0 Å². The highest BCUT2D eigenvalue weighted by Crippen LogP contribution is 2.24. The SMILES string of the molecule is CC(=O)N1CCN(c2nc(N3CCCC3)nc(N3CCCC3)n2)CC1. The van der Waals surface area contributed by atoms with Crippen molar-refractivity contribution in [1.82, 2.24) is 19.9 Å². The molecule has 3 saturated heterocycles. The van der Waals surface area contributed by atoms with Crippen molar-refractivity contribution in [3.63, 3.8) is 0 Å². The first kappa shape index (κ1) is 16.4. The Morgan fingerprint density at radius 1 is 0.640 bits per heavy atom. The van der Waals surface area contributed by atoms with E-state index in [1.54, 1.807) is 6.92 Å². The number of nitrogens with zero attached hydrogens (tertiary/aromatic N) is 7. The Morgan fingerprint density at radius 2 is 1.00 bits per heavy atom. The van der Waals surface area contributed by atoms with Gasteiger partial charge in [0.15, 0.2) is 0 Å². The summed E-state index contributed by atoms with van der Waals surface area (Å²) in [6, 6.07) is 0. The molecule has 0 bridgehead atoms. The highest BCUT2D eigenvalue weighted by Gasteiger charge is 2.25. The summed E-state index contributed by atoms with van der Waals surface area (Å²) in [6.45, 7) is 8.78. The van der Waals surface area contributed by atoms with Crippen molar-refractivity contribution in [3.8, 4) is 0 Å². The van der Waals surface area contributed by atoms with E-state index in [9.17, 15) is 4.79 Å². The van der Waals surface area contributed by atoms with E-state index in [1.807, 2.05) is 4.90 Å². The second-order valence-corrected chi connectivity index (χ2v) is 7.12. The molecule has 3 fully saturated rings. The molecule has 3 aliphatic heterocycles. The van der Waals surface area contributed by atoms with E-state index < -0.39 is 0 Å². The largest absolute Gasteiger partial charge is 0.341 e. The zero-order chi connectivity index (χ0) is 17.2. The Morgan fingerprint density at radius 3 is 1.36 bits per heavy atom. The average Bonchev–Trinajstić information content (AvgIpc) is 3.35. The van der Waals surface area contributed by atoms with Gasteiger partial charge in [-0.05, 0) is 25.7 Å². The predicted molar refractivity (Wildman–Crippen MR) is 97.2 cm³/mol. The van der Waals surface area contributed by atoms with Gasteiger partial charge in [-0.25, -0.2) is 0 Å². The molecule has 1 aromatic heterocycles. The lowest BCUT2D eigenvalue weighted by molar-refractivity contribution is -0.129. The summed E-state index contributed by atoms with van der Waals surface area (Å²) in [6.07, 6.45) is 4.82. The normalized spacial score (nSPS) is 21.3. The number of aromatic nitrogens is 3. The zero-order valence-corrected chi connectivity index (χ0v) is 15.0. The zero-order valence-electron chi connectivity index (χ0n) is 15.0. The van der Waals surface area contributed by atoms with Crippen LogP contribution in [0.1, 0.15) is 32.6 Å². The molecule has 136 valence electrons. The van der Waals surface area contributed by atoms with Crippen LogP contribution in [0.3, 0.4) is 0 Å². The smallest absolute Gasteiger partial charge is 0.232 e. The quantitative estimate of drug-likeness (QED) is 0.800. The van der Waals surface area contributed by atoms with Gasteiger partial charge in [-0.2, -0.15) is 15.0 Å². The van der Waals surface area contributed by atoms with Crippen LogP contribution >= 0.6 is 0 Å². The molecule has 0 atom stereocenters. The third-order valence-electron chi connectivity index (χ3n) is 5.39. The molecule has 25 heavy (non-hydrogen) atoms. The molecule has 4 rings (SSSR count). The van der Waals surface area contributed by atoms with Crippen molar-refractivity contribution < 1.29 is 4.79 Å². The van der Waals surface area contributed by atoms with E-state index in [2.05, 4.69) is 14.7 Å². The van der Waals surface area contributed by atoms with Crippen LogP contribution in [0.4, 0.5) is 17.8 Å². The van der Waals surface area contributed by atoms with Crippen LogP contribution in [0, 0.1) is 0 Å². The Hall–Kier alpha value is -2.12. The molecule has 0 aliphatic carbocycles. The Labute approximate surface area is 148 Å². The Balaban J connectivity index is 1.58. The summed E-state index contributed by atoms with van der Waals surface area (Å²) in [5.74, 6) is 2.55. The van der Waals surface area contributed by atoms with Crippen molar-refractivity contribution in [2.45, 2.75) is 32.6 Å². The average molecular weight is 345 g/mol. The van der Waals surface area contributed by atoms with Gasteiger partial charge in [-0.15, -0.1) is 0 Å². The monoisotopic (exact) mass is 345 g/mol.